The zero-order valence-electron chi connectivity index (χ0n) is 7.00. The predicted octanol–water partition coefficient (Wildman–Crippen LogP) is 1.18. The number of carboxylic acid groups (broad SMARTS) is 1. The van der Waals surface area contributed by atoms with E-state index in [0.717, 1.165) is 37.8 Å². The van der Waals surface area contributed by atoms with Crippen LogP contribution in [0, 0.1) is 5.92 Å². The number of nitrogens with zero attached hydrogens (tertiary/aromatic N) is 1. The Morgan fingerprint density at radius 1 is 1.67 bits per heavy atom. The fourth-order valence-electron chi connectivity index (χ4n) is 1.52. The van der Waals surface area contributed by atoms with Crippen molar-refractivity contribution in [1.82, 2.24) is 4.90 Å². The molecule has 0 aliphatic carbocycles. The van der Waals surface area contributed by atoms with Crippen LogP contribution in [0.5, 0.6) is 0 Å². The molecule has 1 rings (SSSR count). The van der Waals surface area contributed by atoms with Gasteiger partial charge in [0.25, 0.3) is 0 Å². The van der Waals surface area contributed by atoms with Crippen molar-refractivity contribution < 1.29 is 9.90 Å². The summed E-state index contributed by atoms with van der Waals surface area (Å²) in [7, 11) is 0. The fourth-order valence-corrected chi connectivity index (χ4v) is 1.77. The Kier molecular flexibility index (Phi) is 4.01. The van der Waals surface area contributed by atoms with E-state index >= 15 is 0 Å². The zero-order valence-corrected chi connectivity index (χ0v) is 8.59. The maximum atomic E-state index is 10.6. The molecule has 1 fully saturated rings. The van der Waals surface area contributed by atoms with Gasteiger partial charge in [0.15, 0.2) is 0 Å². The molecular formula is C8H14BrNO2. The summed E-state index contributed by atoms with van der Waals surface area (Å²) in [5, 5.41) is 9.72. The highest BCUT2D eigenvalue weighted by Gasteiger charge is 2.26. The summed E-state index contributed by atoms with van der Waals surface area (Å²) in [4.78, 5) is 12.8. The summed E-state index contributed by atoms with van der Waals surface area (Å²) in [6.07, 6.45) is 1.92. The molecular weight excluding hydrogens is 222 g/mol. The van der Waals surface area contributed by atoms with Crippen molar-refractivity contribution in [3.63, 3.8) is 0 Å². The number of alkyl halides is 1. The molecule has 12 heavy (non-hydrogen) atoms. The van der Waals surface area contributed by atoms with E-state index in [-0.39, 0.29) is 5.92 Å². The molecule has 4 heteroatoms. The lowest BCUT2D eigenvalue weighted by Crippen LogP contribution is -2.24. The summed E-state index contributed by atoms with van der Waals surface area (Å²) >= 11 is 3.36. The van der Waals surface area contributed by atoms with Crippen LogP contribution >= 0.6 is 15.9 Å². The van der Waals surface area contributed by atoms with Crippen LogP contribution in [0.3, 0.4) is 0 Å². The van der Waals surface area contributed by atoms with E-state index in [2.05, 4.69) is 20.8 Å². The van der Waals surface area contributed by atoms with E-state index in [0.29, 0.717) is 0 Å². The van der Waals surface area contributed by atoms with Crippen LogP contribution in [0.25, 0.3) is 0 Å². The zero-order chi connectivity index (χ0) is 8.97. The third-order valence-corrected chi connectivity index (χ3v) is 2.79. The van der Waals surface area contributed by atoms with Gasteiger partial charge < -0.3 is 10.0 Å². The highest BCUT2D eigenvalue weighted by Crippen LogP contribution is 2.16. The van der Waals surface area contributed by atoms with Gasteiger partial charge >= 0.3 is 5.97 Å². The molecule has 1 aliphatic heterocycles. The number of hydrogen-bond donors (Lipinski definition) is 1. The second kappa shape index (κ2) is 4.82. The predicted molar refractivity (Wildman–Crippen MR) is 50.6 cm³/mol. The molecule has 1 atom stereocenters. The van der Waals surface area contributed by atoms with Gasteiger partial charge in [-0.1, -0.05) is 15.9 Å². The lowest BCUT2D eigenvalue weighted by Gasteiger charge is -2.13. The molecule has 1 aliphatic rings. The average molecular weight is 236 g/mol. The van der Waals surface area contributed by atoms with Gasteiger partial charge in [-0.2, -0.15) is 0 Å². The monoisotopic (exact) mass is 235 g/mol. The smallest absolute Gasteiger partial charge is 0.307 e. The first-order valence-corrected chi connectivity index (χ1v) is 5.37. The first kappa shape index (κ1) is 9.99. The molecule has 0 aromatic heterocycles. The van der Waals surface area contributed by atoms with Crippen molar-refractivity contribution in [1.29, 1.82) is 0 Å². The number of likely N-dealkylation sites (tertiary alicyclic amines) is 1. The topological polar surface area (TPSA) is 40.5 Å². The molecule has 0 spiro atoms. The highest BCUT2D eigenvalue weighted by atomic mass is 79.9. The Labute approximate surface area is 80.9 Å². The minimum atomic E-state index is -0.642. The van der Waals surface area contributed by atoms with Crippen molar-refractivity contribution in [2.24, 2.45) is 5.92 Å². The van der Waals surface area contributed by atoms with Crippen molar-refractivity contribution in [3.8, 4) is 0 Å². The van der Waals surface area contributed by atoms with Gasteiger partial charge in [0.2, 0.25) is 0 Å². The normalized spacial score (nSPS) is 24.6. The Hall–Kier alpha value is -0.0900. The molecule has 3 nitrogen and oxygen atoms in total. The molecule has 1 saturated heterocycles. The standard InChI is InChI=1S/C8H14BrNO2/c9-3-1-4-10-5-2-7(6-10)8(11)12/h7H,1-6H2,(H,11,12). The molecule has 1 unspecified atom stereocenters. The number of halogens is 1. The average Bonchev–Trinajstić information content (AvgIpc) is 2.48. The maximum Gasteiger partial charge on any atom is 0.307 e. The molecule has 0 amide bonds. The first-order valence-electron chi connectivity index (χ1n) is 4.25. The molecule has 0 bridgehead atoms. The van der Waals surface area contributed by atoms with Gasteiger partial charge in [-0.3, -0.25) is 4.79 Å². The Morgan fingerprint density at radius 2 is 2.42 bits per heavy atom. The van der Waals surface area contributed by atoms with Gasteiger partial charge in [-0.05, 0) is 25.9 Å². The second-order valence-electron chi connectivity index (χ2n) is 3.17. The molecule has 1 N–H and O–H groups in total. The van der Waals surface area contributed by atoms with Crippen molar-refractivity contribution in [3.05, 3.63) is 0 Å². The fraction of sp³-hybridized carbons (Fsp3) is 0.875. The summed E-state index contributed by atoms with van der Waals surface area (Å²) in [6.45, 7) is 2.71. The van der Waals surface area contributed by atoms with Crippen LogP contribution in [-0.4, -0.2) is 40.9 Å². The van der Waals surface area contributed by atoms with Crippen molar-refractivity contribution in [2.45, 2.75) is 12.8 Å². The Balaban J connectivity index is 2.21. The molecule has 0 saturated carbocycles. The number of rotatable bonds is 4. The number of carboxylic acids is 1. The van der Waals surface area contributed by atoms with Gasteiger partial charge in [-0.15, -0.1) is 0 Å². The Bertz CT molecular complexity index is 163. The highest BCUT2D eigenvalue weighted by molar-refractivity contribution is 9.09. The van der Waals surface area contributed by atoms with E-state index in [1.54, 1.807) is 0 Å². The van der Waals surface area contributed by atoms with E-state index in [4.69, 9.17) is 5.11 Å². The molecule has 1 heterocycles. The van der Waals surface area contributed by atoms with E-state index in [1.807, 2.05) is 0 Å². The quantitative estimate of drug-likeness (QED) is 0.745. The first-order chi connectivity index (χ1) is 5.74. The van der Waals surface area contributed by atoms with E-state index in [9.17, 15) is 4.79 Å². The van der Waals surface area contributed by atoms with Crippen LogP contribution in [-0.2, 0) is 4.79 Å². The Morgan fingerprint density at radius 3 is 2.92 bits per heavy atom. The second-order valence-corrected chi connectivity index (χ2v) is 3.96. The number of aliphatic carboxylic acids is 1. The molecule has 0 aromatic carbocycles. The van der Waals surface area contributed by atoms with Gasteiger partial charge in [-0.25, -0.2) is 0 Å². The van der Waals surface area contributed by atoms with Crippen molar-refractivity contribution >= 4 is 21.9 Å². The van der Waals surface area contributed by atoms with Crippen LogP contribution in [0.2, 0.25) is 0 Å². The van der Waals surface area contributed by atoms with Crippen LogP contribution in [0.4, 0.5) is 0 Å². The lowest BCUT2D eigenvalue weighted by molar-refractivity contribution is -0.141. The molecule has 70 valence electrons. The minimum absolute atomic E-state index is 0.125. The number of hydrogen-bond acceptors (Lipinski definition) is 2. The third-order valence-electron chi connectivity index (χ3n) is 2.23. The van der Waals surface area contributed by atoms with E-state index in [1.165, 1.54) is 0 Å². The minimum Gasteiger partial charge on any atom is -0.481 e. The van der Waals surface area contributed by atoms with E-state index < -0.39 is 5.97 Å². The molecule has 0 radical (unpaired) electrons. The SMILES string of the molecule is O=C(O)C1CCN(CCCBr)C1. The summed E-state index contributed by atoms with van der Waals surface area (Å²) in [5.41, 5.74) is 0. The third kappa shape index (κ3) is 2.75. The number of carbonyl (C=O) groups is 1. The van der Waals surface area contributed by atoms with Gasteiger partial charge in [0.1, 0.15) is 0 Å². The summed E-state index contributed by atoms with van der Waals surface area (Å²) in [5.74, 6) is -0.767. The largest absolute Gasteiger partial charge is 0.481 e. The maximum absolute atomic E-state index is 10.6. The van der Waals surface area contributed by atoms with Gasteiger partial charge in [0, 0.05) is 11.9 Å². The summed E-state index contributed by atoms with van der Waals surface area (Å²) < 4.78 is 0. The lowest BCUT2D eigenvalue weighted by atomic mass is 10.1. The molecule has 0 aromatic rings. The van der Waals surface area contributed by atoms with Gasteiger partial charge in [0.05, 0.1) is 5.92 Å². The van der Waals surface area contributed by atoms with Crippen molar-refractivity contribution in [2.75, 3.05) is 25.0 Å². The van der Waals surface area contributed by atoms with Crippen LogP contribution in [0.15, 0.2) is 0 Å². The van der Waals surface area contributed by atoms with Crippen LogP contribution in [0.1, 0.15) is 12.8 Å². The van der Waals surface area contributed by atoms with Crippen LogP contribution < -0.4 is 0 Å². The summed E-state index contributed by atoms with van der Waals surface area (Å²) in [6, 6.07) is 0.